The number of hydrogen-bond acceptors (Lipinski definition) is 2. The monoisotopic (exact) mass is 252 g/mol. The van der Waals surface area contributed by atoms with Crippen molar-refractivity contribution in [2.75, 3.05) is 0 Å². The molecule has 2 rings (SSSR count). The van der Waals surface area contributed by atoms with E-state index >= 15 is 0 Å². The summed E-state index contributed by atoms with van der Waals surface area (Å²) in [4.78, 5) is 14.6. The van der Waals surface area contributed by atoms with Crippen LogP contribution in [0.25, 0.3) is 0 Å². The number of carbonyl (C=O) groups is 1. The van der Waals surface area contributed by atoms with Gasteiger partial charge in [0.2, 0.25) is 5.91 Å². The summed E-state index contributed by atoms with van der Waals surface area (Å²) in [6.45, 7) is 6.44. The van der Waals surface area contributed by atoms with Gasteiger partial charge >= 0.3 is 0 Å². The fourth-order valence-corrected chi connectivity index (χ4v) is 3.68. The minimum atomic E-state index is 0.0153. The lowest BCUT2D eigenvalue weighted by Gasteiger charge is -2.35. The Bertz CT molecular complexity index is 286. The van der Waals surface area contributed by atoms with Crippen LogP contribution >= 0.6 is 0 Å². The predicted molar refractivity (Wildman–Crippen MR) is 74.2 cm³/mol. The second kappa shape index (κ2) is 6.05. The molecule has 1 amide bonds. The minimum Gasteiger partial charge on any atom is -0.323 e. The maximum atomic E-state index is 12.4. The van der Waals surface area contributed by atoms with Gasteiger partial charge in [-0.15, -0.1) is 0 Å². The normalized spacial score (nSPS) is 31.3. The zero-order valence-electron chi connectivity index (χ0n) is 12.1. The second-order valence-electron chi connectivity index (χ2n) is 5.97. The number of amides is 1. The fraction of sp³-hybridized carbons (Fsp3) is 0.933. The number of nitrogens with zero attached hydrogens (tertiary/aromatic N) is 1. The number of rotatable bonds is 5. The molecule has 3 unspecified atom stereocenters. The first-order chi connectivity index (χ1) is 8.69. The van der Waals surface area contributed by atoms with Gasteiger partial charge in [0.1, 0.15) is 0 Å². The molecule has 3 nitrogen and oxygen atoms in total. The van der Waals surface area contributed by atoms with Crippen molar-refractivity contribution in [1.82, 2.24) is 10.2 Å². The summed E-state index contributed by atoms with van der Waals surface area (Å²) in [6.07, 6.45) is 8.94. The summed E-state index contributed by atoms with van der Waals surface area (Å²) < 4.78 is 0. The molecule has 0 aromatic rings. The first kappa shape index (κ1) is 13.9. The van der Waals surface area contributed by atoms with Crippen LogP contribution in [-0.2, 0) is 4.79 Å². The lowest BCUT2D eigenvalue weighted by Crippen LogP contribution is -2.47. The molecule has 1 heterocycles. The van der Waals surface area contributed by atoms with E-state index in [9.17, 15) is 4.79 Å². The molecule has 0 spiro atoms. The van der Waals surface area contributed by atoms with Crippen LogP contribution < -0.4 is 5.32 Å². The Labute approximate surface area is 111 Å². The van der Waals surface area contributed by atoms with Crippen LogP contribution in [0.3, 0.4) is 0 Å². The molecule has 3 atom stereocenters. The molecule has 1 saturated carbocycles. The molecule has 1 aliphatic carbocycles. The molecule has 0 aromatic heterocycles. The van der Waals surface area contributed by atoms with Crippen LogP contribution in [-0.4, -0.2) is 29.1 Å². The Kier molecular flexibility index (Phi) is 4.66. The third-order valence-corrected chi connectivity index (χ3v) is 4.68. The maximum absolute atomic E-state index is 12.4. The van der Waals surface area contributed by atoms with Crippen LogP contribution in [0.1, 0.15) is 65.7 Å². The molecule has 2 aliphatic rings. The Hall–Kier alpha value is -0.570. The SMILES string of the molecule is CCCC(CC)N1C(=O)C(C)NC1C1CCCC1. The van der Waals surface area contributed by atoms with Crippen LogP contribution in [0.2, 0.25) is 0 Å². The third kappa shape index (κ3) is 2.56. The van der Waals surface area contributed by atoms with Crippen molar-refractivity contribution in [1.29, 1.82) is 0 Å². The second-order valence-corrected chi connectivity index (χ2v) is 5.97. The van der Waals surface area contributed by atoms with Crippen LogP contribution in [0.5, 0.6) is 0 Å². The van der Waals surface area contributed by atoms with E-state index in [2.05, 4.69) is 24.1 Å². The highest BCUT2D eigenvalue weighted by atomic mass is 16.2. The van der Waals surface area contributed by atoms with Crippen molar-refractivity contribution in [3.05, 3.63) is 0 Å². The molecule has 1 saturated heterocycles. The van der Waals surface area contributed by atoms with Gasteiger partial charge in [0.05, 0.1) is 12.2 Å². The Morgan fingerprint density at radius 3 is 2.56 bits per heavy atom. The Morgan fingerprint density at radius 2 is 2.00 bits per heavy atom. The number of hydrogen-bond donors (Lipinski definition) is 1. The molecule has 104 valence electrons. The third-order valence-electron chi connectivity index (χ3n) is 4.68. The molecule has 3 heteroatoms. The van der Waals surface area contributed by atoms with Gasteiger partial charge in [-0.1, -0.05) is 33.1 Å². The molecular weight excluding hydrogens is 224 g/mol. The fourth-order valence-electron chi connectivity index (χ4n) is 3.68. The van der Waals surface area contributed by atoms with Crippen molar-refractivity contribution < 1.29 is 4.79 Å². The average Bonchev–Trinajstić information content (AvgIpc) is 2.97. The van der Waals surface area contributed by atoms with Gasteiger partial charge in [-0.2, -0.15) is 0 Å². The summed E-state index contributed by atoms with van der Waals surface area (Å²) in [5.41, 5.74) is 0. The molecule has 0 bridgehead atoms. The van der Waals surface area contributed by atoms with E-state index in [0.29, 0.717) is 24.0 Å². The van der Waals surface area contributed by atoms with Crippen molar-refractivity contribution in [2.24, 2.45) is 5.92 Å². The smallest absolute Gasteiger partial charge is 0.240 e. The van der Waals surface area contributed by atoms with Crippen molar-refractivity contribution in [2.45, 2.75) is 84.0 Å². The van der Waals surface area contributed by atoms with Crippen LogP contribution in [0, 0.1) is 5.92 Å². The number of carbonyl (C=O) groups excluding carboxylic acids is 1. The topological polar surface area (TPSA) is 32.3 Å². The number of nitrogens with one attached hydrogen (secondary N) is 1. The predicted octanol–water partition coefficient (Wildman–Crippen LogP) is 2.90. The standard InChI is InChI=1S/C15H28N2O/c1-4-8-13(5-2)17-14(12-9-6-7-10-12)16-11(3)15(17)18/h11-14,16H,4-10H2,1-3H3. The van der Waals surface area contributed by atoms with E-state index in [0.717, 1.165) is 19.3 Å². The molecule has 2 fully saturated rings. The first-order valence-corrected chi connectivity index (χ1v) is 7.77. The van der Waals surface area contributed by atoms with Crippen molar-refractivity contribution in [3.63, 3.8) is 0 Å². The van der Waals surface area contributed by atoms with Gasteiger partial charge < -0.3 is 4.90 Å². The van der Waals surface area contributed by atoms with E-state index in [1.807, 2.05) is 6.92 Å². The quantitative estimate of drug-likeness (QED) is 0.816. The van der Waals surface area contributed by atoms with E-state index < -0.39 is 0 Å². The summed E-state index contributed by atoms with van der Waals surface area (Å²) >= 11 is 0. The Balaban J connectivity index is 2.13. The van der Waals surface area contributed by atoms with E-state index in [4.69, 9.17) is 0 Å². The summed E-state index contributed by atoms with van der Waals surface area (Å²) in [5, 5.41) is 3.55. The van der Waals surface area contributed by atoms with Crippen LogP contribution in [0.4, 0.5) is 0 Å². The molecule has 1 N–H and O–H groups in total. The van der Waals surface area contributed by atoms with Gasteiger partial charge in [-0.05, 0) is 38.5 Å². The van der Waals surface area contributed by atoms with Crippen molar-refractivity contribution >= 4 is 5.91 Å². The molecule has 18 heavy (non-hydrogen) atoms. The van der Waals surface area contributed by atoms with Crippen molar-refractivity contribution in [3.8, 4) is 0 Å². The first-order valence-electron chi connectivity index (χ1n) is 7.77. The van der Waals surface area contributed by atoms with Gasteiger partial charge in [0, 0.05) is 6.04 Å². The van der Waals surface area contributed by atoms with Gasteiger partial charge in [-0.3, -0.25) is 10.1 Å². The summed E-state index contributed by atoms with van der Waals surface area (Å²) in [6, 6.07) is 0.451. The molecule has 0 aromatic carbocycles. The average molecular weight is 252 g/mol. The highest BCUT2D eigenvalue weighted by Gasteiger charge is 2.43. The van der Waals surface area contributed by atoms with Gasteiger partial charge in [0.25, 0.3) is 0 Å². The van der Waals surface area contributed by atoms with Gasteiger partial charge in [-0.25, -0.2) is 0 Å². The largest absolute Gasteiger partial charge is 0.323 e. The van der Waals surface area contributed by atoms with E-state index in [1.165, 1.54) is 25.7 Å². The van der Waals surface area contributed by atoms with E-state index in [-0.39, 0.29) is 6.04 Å². The zero-order chi connectivity index (χ0) is 13.1. The van der Waals surface area contributed by atoms with Gasteiger partial charge in [0.15, 0.2) is 0 Å². The maximum Gasteiger partial charge on any atom is 0.240 e. The lowest BCUT2D eigenvalue weighted by atomic mass is 10.0. The summed E-state index contributed by atoms with van der Waals surface area (Å²) in [7, 11) is 0. The highest BCUT2D eigenvalue weighted by molar-refractivity contribution is 5.84. The van der Waals surface area contributed by atoms with E-state index in [1.54, 1.807) is 0 Å². The minimum absolute atomic E-state index is 0.0153. The molecular formula is C15H28N2O. The molecule has 1 aliphatic heterocycles. The molecule has 0 radical (unpaired) electrons. The summed E-state index contributed by atoms with van der Waals surface area (Å²) in [5.74, 6) is 1.01. The van der Waals surface area contributed by atoms with Crippen LogP contribution in [0.15, 0.2) is 0 Å². The Morgan fingerprint density at radius 1 is 1.33 bits per heavy atom. The lowest BCUT2D eigenvalue weighted by molar-refractivity contribution is -0.133. The zero-order valence-corrected chi connectivity index (χ0v) is 12.1. The highest BCUT2D eigenvalue weighted by Crippen LogP contribution is 2.34.